The number of esters is 2. The first-order chi connectivity index (χ1) is 24.2. The van der Waals surface area contributed by atoms with Gasteiger partial charge in [0.05, 0.1) is 18.3 Å². The standard InChI is InChI=1S/C36H49F3N2O10/c1-4-6-8-15-35(16-9-7-5-2)50-28-21-26(32(45)41-30(23(3)43)33(46)40-17-18-42)20-27(31(28)51-35)49-34(47)25-12-10-11-24(19-25)13-14-29(44)48-22-36(37,38)39/h10-14,19,21,23,27-28,30-31,42-43H,4-9,15-18,20,22H2,1-3H3,(H,40,46)(H,41,45). The zero-order valence-electron chi connectivity index (χ0n) is 29.2. The summed E-state index contributed by atoms with van der Waals surface area (Å²) in [7, 11) is 0. The average molecular weight is 727 g/mol. The molecule has 2 amide bonds. The van der Waals surface area contributed by atoms with E-state index in [4.69, 9.17) is 19.3 Å². The maximum Gasteiger partial charge on any atom is 0.422 e. The van der Waals surface area contributed by atoms with Gasteiger partial charge in [0.25, 0.3) is 0 Å². The summed E-state index contributed by atoms with van der Waals surface area (Å²) < 4.78 is 60.4. The number of unbranched alkanes of at least 4 members (excludes halogenated alkanes) is 4. The summed E-state index contributed by atoms with van der Waals surface area (Å²) in [6.07, 6.45) is 1.63. The molecule has 0 radical (unpaired) electrons. The first-order valence-electron chi connectivity index (χ1n) is 17.4. The number of amides is 2. The fourth-order valence-corrected chi connectivity index (χ4v) is 5.87. The first-order valence-corrected chi connectivity index (χ1v) is 17.4. The van der Waals surface area contributed by atoms with Crippen LogP contribution in [0.4, 0.5) is 13.2 Å². The maximum absolute atomic E-state index is 13.6. The molecule has 0 aromatic heterocycles. The molecule has 1 fully saturated rings. The summed E-state index contributed by atoms with van der Waals surface area (Å²) in [5.41, 5.74) is 0.513. The Bertz CT molecular complexity index is 1390. The van der Waals surface area contributed by atoms with Gasteiger partial charge < -0.3 is 39.8 Å². The summed E-state index contributed by atoms with van der Waals surface area (Å²) >= 11 is 0. The van der Waals surface area contributed by atoms with Crippen LogP contribution in [0.3, 0.4) is 0 Å². The number of aliphatic hydroxyl groups is 2. The Hall–Kier alpha value is -3.79. The Balaban J connectivity index is 1.87. The molecule has 15 heteroatoms. The molecule has 284 valence electrons. The van der Waals surface area contributed by atoms with Crippen LogP contribution in [0, 0.1) is 0 Å². The summed E-state index contributed by atoms with van der Waals surface area (Å²) in [6.45, 7) is 3.35. The number of carbonyl (C=O) groups excluding carboxylic acids is 4. The lowest BCUT2D eigenvalue weighted by Crippen LogP contribution is -2.54. The lowest BCUT2D eigenvalue weighted by Gasteiger charge is -2.31. The van der Waals surface area contributed by atoms with Crippen LogP contribution in [0.5, 0.6) is 0 Å². The molecule has 12 nitrogen and oxygen atoms in total. The minimum Gasteiger partial charge on any atom is -0.456 e. The second kappa shape index (κ2) is 19.7. The molecule has 1 aromatic rings. The minimum atomic E-state index is -4.67. The van der Waals surface area contributed by atoms with Gasteiger partial charge in [-0.15, -0.1) is 0 Å². The number of benzene rings is 1. The number of nitrogens with one attached hydrogen (secondary N) is 2. The smallest absolute Gasteiger partial charge is 0.422 e. The fourth-order valence-electron chi connectivity index (χ4n) is 5.87. The quantitative estimate of drug-likeness (QED) is 0.0918. The molecular formula is C36H49F3N2O10. The summed E-state index contributed by atoms with van der Waals surface area (Å²) in [4.78, 5) is 51.5. The van der Waals surface area contributed by atoms with Crippen molar-refractivity contribution in [2.24, 2.45) is 0 Å². The number of alkyl halides is 3. The third kappa shape index (κ3) is 13.0. The van der Waals surface area contributed by atoms with Crippen LogP contribution >= 0.6 is 0 Å². The van der Waals surface area contributed by atoms with E-state index >= 15 is 0 Å². The van der Waals surface area contributed by atoms with E-state index < -0.39 is 72.8 Å². The molecule has 0 saturated carbocycles. The highest BCUT2D eigenvalue weighted by molar-refractivity contribution is 5.97. The van der Waals surface area contributed by atoms with Crippen molar-refractivity contribution >= 4 is 29.8 Å². The molecule has 1 aliphatic carbocycles. The highest BCUT2D eigenvalue weighted by Crippen LogP contribution is 2.43. The van der Waals surface area contributed by atoms with Crippen molar-refractivity contribution in [3.8, 4) is 0 Å². The summed E-state index contributed by atoms with van der Waals surface area (Å²) in [5.74, 6) is -4.38. The molecule has 3 rings (SSSR count). The molecule has 5 unspecified atom stereocenters. The van der Waals surface area contributed by atoms with Gasteiger partial charge in [0.2, 0.25) is 11.8 Å². The van der Waals surface area contributed by atoms with Gasteiger partial charge in [0.1, 0.15) is 24.4 Å². The SMILES string of the molecule is CCCCCC1(CCCCC)OC2C=C(C(=O)NC(C(=O)NCCO)C(C)O)CC(OC(=O)c3cccc(C=CC(=O)OCC(F)(F)F)c3)C2O1. The molecule has 1 heterocycles. The lowest BCUT2D eigenvalue weighted by molar-refractivity contribution is -0.190. The number of aliphatic hydroxyl groups excluding tert-OH is 2. The second-order valence-electron chi connectivity index (χ2n) is 12.7. The van der Waals surface area contributed by atoms with Crippen molar-refractivity contribution in [1.82, 2.24) is 10.6 Å². The van der Waals surface area contributed by atoms with Crippen molar-refractivity contribution in [1.29, 1.82) is 0 Å². The van der Waals surface area contributed by atoms with E-state index in [9.17, 15) is 37.5 Å². The van der Waals surface area contributed by atoms with E-state index in [0.29, 0.717) is 18.4 Å². The van der Waals surface area contributed by atoms with Crippen LogP contribution in [0.15, 0.2) is 42.0 Å². The number of halogens is 3. The zero-order valence-corrected chi connectivity index (χ0v) is 29.2. The predicted octanol–water partition coefficient (Wildman–Crippen LogP) is 4.28. The normalized spacial score (nSPS) is 20.9. The Morgan fingerprint density at radius 2 is 1.76 bits per heavy atom. The van der Waals surface area contributed by atoms with Gasteiger partial charge in [-0.05, 0) is 49.6 Å². The number of ether oxygens (including phenoxy) is 4. The van der Waals surface area contributed by atoms with Crippen molar-refractivity contribution < 1.29 is 61.5 Å². The fraction of sp³-hybridized carbons (Fsp3) is 0.611. The molecule has 5 atom stereocenters. The minimum absolute atomic E-state index is 0.0590. The third-order valence-corrected chi connectivity index (χ3v) is 8.43. The highest BCUT2D eigenvalue weighted by atomic mass is 19.4. The molecule has 1 saturated heterocycles. The van der Waals surface area contributed by atoms with Crippen molar-refractivity contribution in [3.63, 3.8) is 0 Å². The van der Waals surface area contributed by atoms with Crippen molar-refractivity contribution in [3.05, 3.63) is 53.1 Å². The molecule has 1 aromatic carbocycles. The number of rotatable bonds is 19. The number of hydrogen-bond acceptors (Lipinski definition) is 10. The molecular weight excluding hydrogens is 677 g/mol. The van der Waals surface area contributed by atoms with Gasteiger partial charge in [0.15, 0.2) is 12.4 Å². The molecule has 51 heavy (non-hydrogen) atoms. The average Bonchev–Trinajstić information content (AvgIpc) is 3.46. The zero-order chi connectivity index (χ0) is 37.6. The van der Waals surface area contributed by atoms with Gasteiger partial charge in [-0.25, -0.2) is 9.59 Å². The van der Waals surface area contributed by atoms with E-state index in [1.165, 1.54) is 37.3 Å². The second-order valence-corrected chi connectivity index (χ2v) is 12.7. The topological polar surface area (TPSA) is 170 Å². The molecule has 1 aliphatic heterocycles. The van der Waals surface area contributed by atoms with Gasteiger partial charge in [-0.2, -0.15) is 13.2 Å². The van der Waals surface area contributed by atoms with Gasteiger partial charge in [0, 0.05) is 37.5 Å². The van der Waals surface area contributed by atoms with Crippen LogP contribution in [-0.4, -0.2) is 96.1 Å². The Morgan fingerprint density at radius 3 is 2.37 bits per heavy atom. The molecule has 0 spiro atoms. The van der Waals surface area contributed by atoms with E-state index in [1.807, 2.05) is 0 Å². The number of hydrogen-bond donors (Lipinski definition) is 4. The Labute approximate surface area is 295 Å². The maximum atomic E-state index is 13.6. The highest BCUT2D eigenvalue weighted by Gasteiger charge is 2.52. The monoisotopic (exact) mass is 726 g/mol. The Kier molecular flexibility index (Phi) is 16.1. The van der Waals surface area contributed by atoms with Crippen LogP contribution in [0.1, 0.15) is 94.5 Å². The Morgan fingerprint density at radius 1 is 1.08 bits per heavy atom. The van der Waals surface area contributed by atoms with E-state index in [2.05, 4.69) is 29.2 Å². The predicted molar refractivity (Wildman–Crippen MR) is 179 cm³/mol. The van der Waals surface area contributed by atoms with E-state index in [0.717, 1.165) is 44.6 Å². The third-order valence-electron chi connectivity index (χ3n) is 8.43. The first kappa shape index (κ1) is 41.6. The van der Waals surface area contributed by atoms with Crippen LogP contribution in [0.25, 0.3) is 6.08 Å². The van der Waals surface area contributed by atoms with Crippen LogP contribution in [-0.2, 0) is 33.3 Å². The van der Waals surface area contributed by atoms with E-state index in [-0.39, 0.29) is 30.7 Å². The molecule has 0 bridgehead atoms. The summed E-state index contributed by atoms with van der Waals surface area (Å²) in [5, 5.41) is 24.3. The van der Waals surface area contributed by atoms with Gasteiger partial charge >= 0.3 is 18.1 Å². The van der Waals surface area contributed by atoms with Crippen LogP contribution < -0.4 is 10.6 Å². The number of fused-ring (bicyclic) bond motifs is 1. The molecule has 2 aliphatic rings. The van der Waals surface area contributed by atoms with Gasteiger partial charge in [-0.1, -0.05) is 51.7 Å². The largest absolute Gasteiger partial charge is 0.456 e. The van der Waals surface area contributed by atoms with Crippen LogP contribution in [0.2, 0.25) is 0 Å². The van der Waals surface area contributed by atoms with E-state index in [1.54, 1.807) is 6.08 Å². The summed E-state index contributed by atoms with van der Waals surface area (Å²) in [6, 6.07) is 4.52. The number of carbonyl (C=O) groups is 4. The van der Waals surface area contributed by atoms with Crippen molar-refractivity contribution in [2.75, 3.05) is 19.8 Å². The van der Waals surface area contributed by atoms with Gasteiger partial charge in [-0.3, -0.25) is 9.59 Å². The lowest BCUT2D eigenvalue weighted by atomic mass is 9.91. The van der Waals surface area contributed by atoms with Crippen molar-refractivity contribution in [2.45, 2.75) is 121 Å². The molecule has 4 N–H and O–H groups in total.